The molecule has 3 aromatic heterocycles. The summed E-state index contributed by atoms with van der Waals surface area (Å²) < 4.78 is 6.21. The minimum Gasteiger partial charge on any atom is -0.487 e. The zero-order chi connectivity index (χ0) is 20.3. The van der Waals surface area contributed by atoms with E-state index in [1.54, 1.807) is 0 Å². The van der Waals surface area contributed by atoms with E-state index in [1.165, 1.54) is 5.39 Å². The van der Waals surface area contributed by atoms with Gasteiger partial charge in [-0.25, -0.2) is 0 Å². The number of ether oxygens (including phenoxy) is 1. The first-order valence-corrected chi connectivity index (χ1v) is 10.1. The maximum Gasteiger partial charge on any atom is 0.145 e. The highest BCUT2D eigenvalue weighted by atomic mass is 16.5. The maximum atomic E-state index is 6.21. The molecule has 5 aromatic rings. The zero-order valence-electron chi connectivity index (χ0n) is 16.8. The maximum absolute atomic E-state index is 6.21. The van der Waals surface area contributed by atoms with Crippen LogP contribution >= 0.6 is 0 Å². The molecule has 0 aliphatic carbocycles. The first kappa shape index (κ1) is 18.1. The number of para-hydroxylation sites is 1. The van der Waals surface area contributed by atoms with Crippen LogP contribution in [0.2, 0.25) is 0 Å². The second-order valence-electron chi connectivity index (χ2n) is 7.31. The van der Waals surface area contributed by atoms with Crippen molar-refractivity contribution in [2.75, 3.05) is 0 Å². The van der Waals surface area contributed by atoms with Gasteiger partial charge in [0.15, 0.2) is 0 Å². The number of nitrogens with one attached hydrogen (secondary N) is 3. The molecule has 0 aliphatic rings. The number of rotatable bonds is 5. The summed E-state index contributed by atoms with van der Waals surface area (Å²) in [6.45, 7) is 2.54. The molecular formula is C26H23N3O. The number of hydrogen-bond donors (Lipinski definition) is 3. The van der Waals surface area contributed by atoms with Crippen LogP contribution in [0.5, 0.6) is 5.75 Å². The SMILES string of the molecule is CC=c1ccc(=Cc2[nH]c(-c3cc4ccccc4[nH]3)cc2OCc2ccccc2)[nH]1. The Bertz CT molecular complexity index is 1370. The van der Waals surface area contributed by atoms with Gasteiger partial charge < -0.3 is 19.7 Å². The molecule has 148 valence electrons. The van der Waals surface area contributed by atoms with Crippen molar-refractivity contribution in [1.82, 2.24) is 15.0 Å². The van der Waals surface area contributed by atoms with E-state index in [-0.39, 0.29) is 0 Å². The fourth-order valence-corrected chi connectivity index (χ4v) is 3.61. The van der Waals surface area contributed by atoms with E-state index < -0.39 is 0 Å². The molecule has 0 amide bonds. The van der Waals surface area contributed by atoms with E-state index in [9.17, 15) is 0 Å². The third kappa shape index (κ3) is 3.67. The highest BCUT2D eigenvalue weighted by molar-refractivity contribution is 5.85. The summed E-state index contributed by atoms with van der Waals surface area (Å²) in [5, 5.41) is 3.31. The normalized spacial score (nSPS) is 12.7. The van der Waals surface area contributed by atoms with Crippen LogP contribution in [0.3, 0.4) is 0 Å². The minimum absolute atomic E-state index is 0.518. The smallest absolute Gasteiger partial charge is 0.145 e. The average Bonchev–Trinajstić information content (AvgIpc) is 3.51. The number of hydrogen-bond acceptors (Lipinski definition) is 1. The van der Waals surface area contributed by atoms with Gasteiger partial charge in [0.25, 0.3) is 0 Å². The molecule has 0 saturated carbocycles. The van der Waals surface area contributed by atoms with Crippen molar-refractivity contribution in [3.8, 4) is 17.1 Å². The first-order valence-electron chi connectivity index (χ1n) is 10.1. The largest absolute Gasteiger partial charge is 0.487 e. The lowest BCUT2D eigenvalue weighted by Gasteiger charge is -2.05. The number of aromatic nitrogens is 3. The first-order chi connectivity index (χ1) is 14.8. The van der Waals surface area contributed by atoms with Gasteiger partial charge in [-0.2, -0.15) is 0 Å². The van der Waals surface area contributed by atoms with E-state index in [1.807, 2.05) is 31.2 Å². The van der Waals surface area contributed by atoms with Crippen LogP contribution in [0, 0.1) is 0 Å². The van der Waals surface area contributed by atoms with Crippen LogP contribution in [0.25, 0.3) is 34.4 Å². The van der Waals surface area contributed by atoms with Crippen LogP contribution in [0.15, 0.2) is 78.9 Å². The molecule has 3 heterocycles. The van der Waals surface area contributed by atoms with Gasteiger partial charge in [0.05, 0.1) is 17.1 Å². The van der Waals surface area contributed by atoms with Crippen molar-refractivity contribution in [2.24, 2.45) is 0 Å². The molecule has 0 saturated heterocycles. The molecular weight excluding hydrogens is 370 g/mol. The van der Waals surface area contributed by atoms with E-state index in [0.717, 1.165) is 44.6 Å². The van der Waals surface area contributed by atoms with Crippen molar-refractivity contribution in [3.05, 3.63) is 101 Å². The highest BCUT2D eigenvalue weighted by Crippen LogP contribution is 2.30. The molecule has 30 heavy (non-hydrogen) atoms. The molecule has 5 rings (SSSR count). The van der Waals surface area contributed by atoms with E-state index in [2.05, 4.69) is 81.7 Å². The minimum atomic E-state index is 0.518. The number of aromatic amines is 3. The van der Waals surface area contributed by atoms with Crippen LogP contribution in [-0.2, 0) is 6.61 Å². The molecule has 2 aromatic carbocycles. The van der Waals surface area contributed by atoms with Gasteiger partial charge >= 0.3 is 0 Å². The third-order valence-corrected chi connectivity index (χ3v) is 5.21. The van der Waals surface area contributed by atoms with Crippen LogP contribution in [0.4, 0.5) is 0 Å². The Morgan fingerprint density at radius 1 is 0.767 bits per heavy atom. The van der Waals surface area contributed by atoms with Gasteiger partial charge in [-0.3, -0.25) is 0 Å². The van der Waals surface area contributed by atoms with Crippen LogP contribution in [-0.4, -0.2) is 15.0 Å². The van der Waals surface area contributed by atoms with Gasteiger partial charge in [-0.1, -0.05) is 54.6 Å². The summed E-state index contributed by atoms with van der Waals surface area (Å²) in [6.07, 6.45) is 4.13. The summed E-state index contributed by atoms with van der Waals surface area (Å²) >= 11 is 0. The molecule has 0 unspecified atom stereocenters. The second kappa shape index (κ2) is 7.84. The predicted molar refractivity (Wildman–Crippen MR) is 123 cm³/mol. The number of H-pyrrole nitrogens is 3. The number of fused-ring (bicyclic) bond motifs is 1. The Kier molecular flexibility index (Phi) is 4.74. The van der Waals surface area contributed by atoms with Gasteiger partial charge in [-0.05, 0) is 42.8 Å². The van der Waals surface area contributed by atoms with Crippen molar-refractivity contribution >= 4 is 23.1 Å². The van der Waals surface area contributed by atoms with Crippen molar-refractivity contribution in [2.45, 2.75) is 13.5 Å². The van der Waals surface area contributed by atoms with Gasteiger partial charge in [0.1, 0.15) is 12.4 Å². The lowest BCUT2D eigenvalue weighted by molar-refractivity contribution is 0.306. The highest BCUT2D eigenvalue weighted by Gasteiger charge is 2.12. The topological polar surface area (TPSA) is 56.6 Å². The summed E-state index contributed by atoms with van der Waals surface area (Å²) in [5.74, 6) is 0.823. The standard InChI is InChI=1S/C26H23N3O/c1-2-20-12-13-21(27-20)15-25-26(30-17-18-8-4-3-5-9-18)16-24(29-25)23-14-19-10-6-7-11-22(19)28-23/h2-16,27-29H,17H2,1H3. The van der Waals surface area contributed by atoms with Crippen LogP contribution in [0.1, 0.15) is 18.2 Å². The van der Waals surface area contributed by atoms with Crippen LogP contribution < -0.4 is 15.4 Å². The fraction of sp³-hybridized carbons (Fsp3) is 0.0769. The Hall–Kier alpha value is -3.92. The monoisotopic (exact) mass is 393 g/mol. The van der Waals surface area contributed by atoms with Gasteiger partial charge in [0, 0.05) is 27.7 Å². The summed E-state index contributed by atoms with van der Waals surface area (Å²) in [6, 6.07) is 26.9. The molecule has 4 nitrogen and oxygen atoms in total. The predicted octanol–water partition coefficient (Wildman–Crippen LogP) is 4.70. The van der Waals surface area contributed by atoms with Gasteiger partial charge in [-0.15, -0.1) is 0 Å². The van der Waals surface area contributed by atoms with Crippen molar-refractivity contribution in [1.29, 1.82) is 0 Å². The Morgan fingerprint density at radius 3 is 2.33 bits per heavy atom. The quantitative estimate of drug-likeness (QED) is 0.398. The average molecular weight is 393 g/mol. The Balaban J connectivity index is 1.55. The summed E-state index contributed by atoms with van der Waals surface area (Å²) in [5.41, 5.74) is 5.22. The summed E-state index contributed by atoms with van der Waals surface area (Å²) in [7, 11) is 0. The number of benzene rings is 2. The van der Waals surface area contributed by atoms with Gasteiger partial charge in [0.2, 0.25) is 0 Å². The lowest BCUT2D eigenvalue weighted by atomic mass is 10.2. The molecule has 0 spiro atoms. The zero-order valence-corrected chi connectivity index (χ0v) is 16.8. The Labute approximate surface area is 174 Å². The van der Waals surface area contributed by atoms with Crippen molar-refractivity contribution < 1.29 is 4.74 Å². The van der Waals surface area contributed by atoms with E-state index in [0.29, 0.717) is 6.61 Å². The molecule has 0 bridgehead atoms. The van der Waals surface area contributed by atoms with E-state index in [4.69, 9.17) is 4.74 Å². The fourth-order valence-electron chi connectivity index (χ4n) is 3.61. The molecule has 0 aliphatic heterocycles. The molecule has 0 fully saturated rings. The molecule has 4 heteroatoms. The summed E-state index contributed by atoms with van der Waals surface area (Å²) in [4.78, 5) is 10.4. The molecule has 3 N–H and O–H groups in total. The molecule has 0 radical (unpaired) electrons. The van der Waals surface area contributed by atoms with Crippen molar-refractivity contribution in [3.63, 3.8) is 0 Å². The van der Waals surface area contributed by atoms with E-state index >= 15 is 0 Å². The molecule has 0 atom stereocenters. The third-order valence-electron chi connectivity index (χ3n) is 5.21. The second-order valence-corrected chi connectivity index (χ2v) is 7.31. The lowest BCUT2D eigenvalue weighted by Crippen LogP contribution is -2.08. The Morgan fingerprint density at radius 2 is 1.53 bits per heavy atom.